The Morgan fingerprint density at radius 1 is 1.43 bits per heavy atom. The first-order valence-electron chi connectivity index (χ1n) is 4.83. The highest BCUT2D eigenvalue weighted by Gasteiger charge is 2.01. The Kier molecular flexibility index (Phi) is 4.77. The molecule has 0 bridgehead atoms. The van der Waals surface area contributed by atoms with E-state index in [1.165, 1.54) is 0 Å². The van der Waals surface area contributed by atoms with Crippen LogP contribution in [0.5, 0.6) is 5.75 Å². The Morgan fingerprint density at radius 3 is 2.79 bits per heavy atom. The molecule has 0 radical (unpaired) electrons. The molecule has 78 valence electrons. The molecule has 0 unspecified atom stereocenters. The quantitative estimate of drug-likeness (QED) is 0.812. The molecule has 0 aliphatic rings. The summed E-state index contributed by atoms with van der Waals surface area (Å²) in [6.07, 6.45) is 0.946. The lowest BCUT2D eigenvalue weighted by Gasteiger charge is -2.07. The molecule has 1 aromatic rings. The fourth-order valence-corrected chi connectivity index (χ4v) is 1.51. The van der Waals surface area contributed by atoms with Crippen LogP contribution in [0.15, 0.2) is 18.2 Å². The van der Waals surface area contributed by atoms with Gasteiger partial charge in [-0.15, -0.1) is 0 Å². The first-order chi connectivity index (χ1) is 6.77. The van der Waals surface area contributed by atoms with Gasteiger partial charge in [-0.2, -0.15) is 0 Å². The van der Waals surface area contributed by atoms with Crippen molar-refractivity contribution in [3.05, 3.63) is 28.8 Å². The van der Waals surface area contributed by atoms with Crippen LogP contribution >= 0.6 is 11.6 Å². The molecule has 1 N–H and O–H groups in total. The third-order valence-electron chi connectivity index (χ3n) is 1.98. The maximum absolute atomic E-state index is 6.09. The zero-order valence-corrected chi connectivity index (χ0v) is 9.40. The number of benzene rings is 1. The highest BCUT2D eigenvalue weighted by Crippen LogP contribution is 2.22. The maximum Gasteiger partial charge on any atom is 0.120 e. The summed E-state index contributed by atoms with van der Waals surface area (Å²) >= 11 is 6.09. The number of likely N-dealkylation sites (N-methyl/N-ethyl adjacent to an activating group) is 1. The number of hydrogen-bond donors (Lipinski definition) is 1. The summed E-state index contributed by atoms with van der Waals surface area (Å²) < 4.78 is 5.35. The second kappa shape index (κ2) is 5.89. The van der Waals surface area contributed by atoms with Gasteiger partial charge in [0.2, 0.25) is 0 Å². The molecule has 0 heterocycles. The van der Waals surface area contributed by atoms with Crippen molar-refractivity contribution in [1.29, 1.82) is 0 Å². The SMILES string of the molecule is CCOc1ccc(CCNC)c(Cl)c1. The molecule has 0 atom stereocenters. The van der Waals surface area contributed by atoms with Crippen LogP contribution in [0, 0.1) is 0 Å². The van der Waals surface area contributed by atoms with Gasteiger partial charge in [0, 0.05) is 5.02 Å². The van der Waals surface area contributed by atoms with E-state index in [9.17, 15) is 0 Å². The van der Waals surface area contributed by atoms with E-state index in [2.05, 4.69) is 5.32 Å². The Bertz CT molecular complexity index is 289. The zero-order chi connectivity index (χ0) is 10.4. The molecule has 0 saturated heterocycles. The van der Waals surface area contributed by atoms with Crippen LogP contribution in [0.3, 0.4) is 0 Å². The summed E-state index contributed by atoms with van der Waals surface area (Å²) in [5.74, 6) is 0.839. The Hall–Kier alpha value is -0.730. The zero-order valence-electron chi connectivity index (χ0n) is 8.64. The lowest BCUT2D eigenvalue weighted by molar-refractivity contribution is 0.340. The Labute approximate surface area is 90.2 Å². The van der Waals surface area contributed by atoms with Gasteiger partial charge in [0.25, 0.3) is 0 Å². The van der Waals surface area contributed by atoms with Gasteiger partial charge in [-0.25, -0.2) is 0 Å². The molecule has 1 rings (SSSR count). The van der Waals surface area contributed by atoms with Crippen LogP contribution in [0.2, 0.25) is 5.02 Å². The van der Waals surface area contributed by atoms with E-state index < -0.39 is 0 Å². The summed E-state index contributed by atoms with van der Waals surface area (Å²) in [5.41, 5.74) is 1.16. The fourth-order valence-electron chi connectivity index (χ4n) is 1.25. The molecule has 2 nitrogen and oxygen atoms in total. The molecule has 0 spiro atoms. The van der Waals surface area contributed by atoms with Gasteiger partial charge in [-0.3, -0.25) is 0 Å². The average molecular weight is 214 g/mol. The molecule has 0 aromatic heterocycles. The molecule has 3 heteroatoms. The largest absolute Gasteiger partial charge is 0.494 e. The predicted octanol–water partition coefficient (Wildman–Crippen LogP) is 2.50. The van der Waals surface area contributed by atoms with Gasteiger partial charge in [0.05, 0.1) is 6.61 Å². The summed E-state index contributed by atoms with van der Waals surface area (Å²) in [7, 11) is 1.93. The van der Waals surface area contributed by atoms with Gasteiger partial charge in [0.15, 0.2) is 0 Å². The van der Waals surface area contributed by atoms with Gasteiger partial charge in [-0.1, -0.05) is 17.7 Å². The number of halogens is 1. The van der Waals surface area contributed by atoms with Crippen LogP contribution < -0.4 is 10.1 Å². The third kappa shape index (κ3) is 3.20. The number of ether oxygens (including phenoxy) is 1. The van der Waals surface area contributed by atoms with Crippen LogP contribution in [0.1, 0.15) is 12.5 Å². The summed E-state index contributed by atoms with van der Waals surface area (Å²) in [6, 6.07) is 5.85. The number of hydrogen-bond acceptors (Lipinski definition) is 2. The van der Waals surface area contributed by atoms with Crippen molar-refractivity contribution in [2.75, 3.05) is 20.2 Å². The second-order valence-corrected chi connectivity index (χ2v) is 3.45. The highest BCUT2D eigenvalue weighted by atomic mass is 35.5. The normalized spacial score (nSPS) is 10.2. The molecule has 0 fully saturated rings. The minimum Gasteiger partial charge on any atom is -0.494 e. The molecule has 14 heavy (non-hydrogen) atoms. The van der Waals surface area contributed by atoms with Crippen molar-refractivity contribution in [2.45, 2.75) is 13.3 Å². The number of rotatable bonds is 5. The molecular formula is C11H16ClNO. The summed E-state index contributed by atoms with van der Waals surface area (Å²) in [6.45, 7) is 3.57. The molecule has 0 aliphatic heterocycles. The van der Waals surface area contributed by atoms with E-state index in [4.69, 9.17) is 16.3 Å². The fraction of sp³-hybridized carbons (Fsp3) is 0.455. The molecule has 0 saturated carbocycles. The van der Waals surface area contributed by atoms with E-state index in [1.54, 1.807) is 0 Å². The summed E-state index contributed by atoms with van der Waals surface area (Å²) in [5, 5.41) is 3.88. The van der Waals surface area contributed by atoms with Crippen molar-refractivity contribution in [1.82, 2.24) is 5.32 Å². The smallest absolute Gasteiger partial charge is 0.120 e. The Morgan fingerprint density at radius 2 is 2.21 bits per heavy atom. The minimum atomic E-state index is 0.673. The van der Waals surface area contributed by atoms with E-state index in [1.807, 2.05) is 32.2 Å². The van der Waals surface area contributed by atoms with Crippen LogP contribution in [0.25, 0.3) is 0 Å². The Balaban J connectivity index is 2.68. The highest BCUT2D eigenvalue weighted by molar-refractivity contribution is 6.31. The maximum atomic E-state index is 6.09. The van der Waals surface area contributed by atoms with E-state index in [0.717, 1.165) is 29.3 Å². The molecular weight excluding hydrogens is 198 g/mol. The van der Waals surface area contributed by atoms with Crippen molar-refractivity contribution < 1.29 is 4.74 Å². The lowest BCUT2D eigenvalue weighted by atomic mass is 10.1. The van der Waals surface area contributed by atoms with Crippen molar-refractivity contribution in [2.24, 2.45) is 0 Å². The van der Waals surface area contributed by atoms with Crippen molar-refractivity contribution in [3.8, 4) is 5.75 Å². The van der Waals surface area contributed by atoms with Gasteiger partial charge in [-0.05, 0) is 44.6 Å². The molecule has 0 amide bonds. The van der Waals surface area contributed by atoms with Crippen molar-refractivity contribution in [3.63, 3.8) is 0 Å². The van der Waals surface area contributed by atoms with E-state index in [-0.39, 0.29) is 0 Å². The third-order valence-corrected chi connectivity index (χ3v) is 2.33. The minimum absolute atomic E-state index is 0.673. The topological polar surface area (TPSA) is 21.3 Å². The first-order valence-corrected chi connectivity index (χ1v) is 5.21. The standard InChI is InChI=1S/C11H16ClNO/c1-3-14-10-5-4-9(6-7-13-2)11(12)8-10/h4-5,8,13H,3,6-7H2,1-2H3. The van der Waals surface area contributed by atoms with Gasteiger partial charge >= 0.3 is 0 Å². The molecule has 1 aromatic carbocycles. The lowest BCUT2D eigenvalue weighted by Crippen LogP contribution is -2.10. The predicted molar refractivity (Wildman–Crippen MR) is 60.3 cm³/mol. The van der Waals surface area contributed by atoms with Gasteiger partial charge < -0.3 is 10.1 Å². The van der Waals surface area contributed by atoms with E-state index in [0.29, 0.717) is 6.61 Å². The second-order valence-electron chi connectivity index (χ2n) is 3.04. The van der Waals surface area contributed by atoms with Crippen molar-refractivity contribution >= 4 is 11.6 Å². The monoisotopic (exact) mass is 213 g/mol. The van der Waals surface area contributed by atoms with Crippen LogP contribution in [0.4, 0.5) is 0 Å². The van der Waals surface area contributed by atoms with Gasteiger partial charge in [0.1, 0.15) is 5.75 Å². The summed E-state index contributed by atoms with van der Waals surface area (Å²) in [4.78, 5) is 0. The van der Waals surface area contributed by atoms with E-state index >= 15 is 0 Å². The molecule has 0 aliphatic carbocycles. The first kappa shape index (κ1) is 11.3. The number of nitrogens with one attached hydrogen (secondary N) is 1. The van der Waals surface area contributed by atoms with Crippen LogP contribution in [-0.4, -0.2) is 20.2 Å². The average Bonchev–Trinajstić information content (AvgIpc) is 2.17. The van der Waals surface area contributed by atoms with Crippen LogP contribution in [-0.2, 0) is 6.42 Å².